The predicted molar refractivity (Wildman–Crippen MR) is 39.4 cm³/mol. The zero-order chi connectivity index (χ0) is 7.03. The Morgan fingerprint density at radius 2 is 2.40 bits per heavy atom. The van der Waals surface area contributed by atoms with Gasteiger partial charge < -0.3 is 0 Å². The molecular weight excluding hydrogens is 151 g/mol. The minimum Gasteiger partial charge on any atom is -0.171 e. The maximum absolute atomic E-state index is 5.58. The molecule has 58 valence electrons. The molecule has 2 rings (SSSR count). The van der Waals surface area contributed by atoms with Crippen LogP contribution in [0.1, 0.15) is 6.92 Å². The summed E-state index contributed by atoms with van der Waals surface area (Å²) < 4.78 is 11.0. The summed E-state index contributed by atoms with van der Waals surface area (Å²) in [7, 11) is -1.75. The first-order valence-electron chi connectivity index (χ1n) is 3.53. The van der Waals surface area contributed by atoms with Crippen LogP contribution in [0.5, 0.6) is 0 Å². The molecule has 5 heteroatoms. The Labute approximate surface area is 60.9 Å². The first-order chi connectivity index (χ1) is 4.81. The molecule has 10 heavy (non-hydrogen) atoms. The summed E-state index contributed by atoms with van der Waals surface area (Å²) in [6, 6.07) is 0. The molecule has 0 aromatic rings. The van der Waals surface area contributed by atoms with Crippen molar-refractivity contribution in [2.75, 3.05) is 19.7 Å². The average molecular weight is 163 g/mol. The van der Waals surface area contributed by atoms with E-state index in [0.29, 0.717) is 6.10 Å². The minimum absolute atomic E-state index is 0.291. The number of nitrogens with one attached hydrogen (secondary N) is 2. The van der Waals surface area contributed by atoms with Crippen LogP contribution < -0.4 is 10.2 Å². The van der Waals surface area contributed by atoms with Crippen molar-refractivity contribution >= 4 is 8.02 Å². The Hall–Kier alpha value is 0.270. The lowest BCUT2D eigenvalue weighted by Crippen LogP contribution is -2.18. The molecule has 0 aromatic carbocycles. The van der Waals surface area contributed by atoms with Crippen LogP contribution in [0.2, 0.25) is 0 Å². The Kier molecular flexibility index (Phi) is 1.66. The highest BCUT2D eigenvalue weighted by atomic mass is 31.2. The van der Waals surface area contributed by atoms with Crippen molar-refractivity contribution in [3.05, 3.63) is 0 Å². The molecule has 0 aromatic heterocycles. The predicted octanol–water partition coefficient (Wildman–Crippen LogP) is 0.292. The van der Waals surface area contributed by atoms with Crippen molar-refractivity contribution in [3.63, 3.8) is 0 Å². The third-order valence-corrected chi connectivity index (χ3v) is 4.05. The van der Waals surface area contributed by atoms with Gasteiger partial charge in [0.1, 0.15) is 12.7 Å². The molecule has 0 radical (unpaired) electrons. The summed E-state index contributed by atoms with van der Waals surface area (Å²) in [6.07, 6.45) is 0.291. The van der Waals surface area contributed by atoms with Crippen molar-refractivity contribution in [2.24, 2.45) is 0 Å². The van der Waals surface area contributed by atoms with Crippen molar-refractivity contribution in [1.82, 2.24) is 10.2 Å². The summed E-state index contributed by atoms with van der Waals surface area (Å²) in [5.74, 6) is 0. The largest absolute Gasteiger partial charge is 0.431 e. The third kappa shape index (κ3) is 1.06. The van der Waals surface area contributed by atoms with E-state index in [9.17, 15) is 0 Å². The molecule has 1 spiro atoms. The molecule has 2 unspecified atom stereocenters. The van der Waals surface area contributed by atoms with E-state index in [1.165, 1.54) is 0 Å². The number of hydrogen-bond donors (Lipinski definition) is 2. The molecule has 0 aliphatic carbocycles. The fourth-order valence-corrected chi connectivity index (χ4v) is 3.48. The zero-order valence-electron chi connectivity index (χ0n) is 5.96. The fourth-order valence-electron chi connectivity index (χ4n) is 1.16. The van der Waals surface area contributed by atoms with Gasteiger partial charge in [0.25, 0.3) is 0 Å². The maximum atomic E-state index is 5.58. The smallest absolute Gasteiger partial charge is 0.171 e. The standard InChI is InChI=1S/C5H12N2O2P/c1-5-4-7-10(9-5)6-2-3-8-10/h5-7H,2-4H2,1H3/q+1. The van der Waals surface area contributed by atoms with E-state index in [4.69, 9.17) is 9.05 Å². The SMILES string of the molecule is CC1CN[P+]2(NCCO2)O1. The molecule has 2 saturated heterocycles. The van der Waals surface area contributed by atoms with Crippen LogP contribution in [0.25, 0.3) is 0 Å². The summed E-state index contributed by atoms with van der Waals surface area (Å²) in [5.41, 5.74) is 0. The van der Waals surface area contributed by atoms with Crippen LogP contribution in [-0.4, -0.2) is 25.8 Å². The van der Waals surface area contributed by atoms with Gasteiger partial charge in [-0.1, -0.05) is 0 Å². The average Bonchev–Trinajstić information content (AvgIpc) is 2.46. The molecule has 2 heterocycles. The molecule has 2 N–H and O–H groups in total. The van der Waals surface area contributed by atoms with E-state index in [1.807, 2.05) is 6.92 Å². The van der Waals surface area contributed by atoms with Crippen LogP contribution in [0.15, 0.2) is 0 Å². The fraction of sp³-hybridized carbons (Fsp3) is 1.00. The van der Waals surface area contributed by atoms with E-state index >= 15 is 0 Å². The molecule has 0 bridgehead atoms. The van der Waals surface area contributed by atoms with Gasteiger partial charge in [-0.3, -0.25) is 0 Å². The van der Waals surface area contributed by atoms with Gasteiger partial charge >= 0.3 is 8.02 Å². The molecule has 2 aliphatic rings. The molecule has 4 nitrogen and oxygen atoms in total. The summed E-state index contributed by atoms with van der Waals surface area (Å²) >= 11 is 0. The first kappa shape index (κ1) is 6.95. The number of rotatable bonds is 0. The van der Waals surface area contributed by atoms with Gasteiger partial charge in [-0.15, -0.1) is 10.2 Å². The van der Waals surface area contributed by atoms with E-state index in [2.05, 4.69) is 10.2 Å². The lowest BCUT2D eigenvalue weighted by atomic mass is 10.4. The van der Waals surface area contributed by atoms with E-state index < -0.39 is 8.02 Å². The van der Waals surface area contributed by atoms with Crippen LogP contribution in [-0.2, 0) is 9.05 Å². The molecule has 2 aliphatic heterocycles. The Morgan fingerprint density at radius 3 is 2.90 bits per heavy atom. The van der Waals surface area contributed by atoms with Gasteiger partial charge in [0, 0.05) is 0 Å². The van der Waals surface area contributed by atoms with Crippen molar-refractivity contribution in [3.8, 4) is 0 Å². The minimum atomic E-state index is -1.75. The normalized spacial score (nSPS) is 47.1. The molecular formula is C5H12N2O2P+. The highest BCUT2D eigenvalue weighted by Gasteiger charge is 2.53. The second-order valence-corrected chi connectivity index (χ2v) is 4.78. The van der Waals surface area contributed by atoms with E-state index in [0.717, 1.165) is 19.7 Å². The lowest BCUT2D eigenvalue weighted by Gasteiger charge is -2.08. The van der Waals surface area contributed by atoms with Crippen LogP contribution in [0.3, 0.4) is 0 Å². The monoisotopic (exact) mass is 163 g/mol. The van der Waals surface area contributed by atoms with Gasteiger partial charge in [0.05, 0.1) is 13.1 Å². The highest BCUT2D eigenvalue weighted by molar-refractivity contribution is 7.62. The maximum Gasteiger partial charge on any atom is 0.431 e. The number of hydrogen-bond acceptors (Lipinski definition) is 4. The topological polar surface area (TPSA) is 42.5 Å². The summed E-state index contributed by atoms with van der Waals surface area (Å²) in [4.78, 5) is 0. The van der Waals surface area contributed by atoms with Gasteiger partial charge in [0.2, 0.25) is 0 Å². The highest BCUT2D eigenvalue weighted by Crippen LogP contribution is 2.58. The Morgan fingerprint density at radius 1 is 1.50 bits per heavy atom. The first-order valence-corrected chi connectivity index (χ1v) is 5.15. The lowest BCUT2D eigenvalue weighted by molar-refractivity contribution is 0.230. The summed E-state index contributed by atoms with van der Waals surface area (Å²) in [6.45, 7) is 4.63. The van der Waals surface area contributed by atoms with Gasteiger partial charge in [0.15, 0.2) is 0 Å². The van der Waals surface area contributed by atoms with Crippen LogP contribution >= 0.6 is 8.02 Å². The van der Waals surface area contributed by atoms with Crippen molar-refractivity contribution in [1.29, 1.82) is 0 Å². The van der Waals surface area contributed by atoms with Crippen molar-refractivity contribution in [2.45, 2.75) is 13.0 Å². The van der Waals surface area contributed by atoms with Crippen LogP contribution in [0, 0.1) is 0 Å². The molecule has 0 saturated carbocycles. The molecule has 0 amide bonds. The summed E-state index contributed by atoms with van der Waals surface area (Å²) in [5, 5.41) is 6.46. The second kappa shape index (κ2) is 2.40. The molecule has 2 atom stereocenters. The van der Waals surface area contributed by atoms with Gasteiger partial charge in [-0.05, 0) is 6.92 Å². The molecule has 2 fully saturated rings. The Balaban J connectivity index is 2.03. The quantitative estimate of drug-likeness (QED) is 0.504. The Bertz CT molecular complexity index is 138. The second-order valence-electron chi connectivity index (χ2n) is 2.57. The van der Waals surface area contributed by atoms with Gasteiger partial charge in [-0.25, -0.2) is 0 Å². The van der Waals surface area contributed by atoms with Gasteiger partial charge in [-0.2, -0.15) is 9.05 Å². The van der Waals surface area contributed by atoms with E-state index in [1.54, 1.807) is 0 Å². The van der Waals surface area contributed by atoms with Crippen molar-refractivity contribution < 1.29 is 9.05 Å². The van der Waals surface area contributed by atoms with E-state index in [-0.39, 0.29) is 0 Å². The third-order valence-electron chi connectivity index (χ3n) is 1.61. The zero-order valence-corrected chi connectivity index (χ0v) is 6.86. The van der Waals surface area contributed by atoms with Crippen LogP contribution in [0.4, 0.5) is 0 Å².